The molecule has 1 aromatic rings. The Kier molecular flexibility index (Phi) is 5.48. The lowest BCUT2D eigenvalue weighted by atomic mass is 10.3. The number of carbonyl (C=O) groups is 3. The average Bonchev–Trinajstić information content (AvgIpc) is 3.04. The van der Waals surface area contributed by atoms with E-state index in [1.54, 1.807) is 12.3 Å². The van der Waals surface area contributed by atoms with Crippen molar-refractivity contribution in [2.45, 2.75) is 26.7 Å². The van der Waals surface area contributed by atoms with Crippen molar-refractivity contribution in [3.05, 3.63) is 11.1 Å². The molecule has 0 bridgehead atoms. The van der Waals surface area contributed by atoms with Crippen molar-refractivity contribution in [3.8, 4) is 0 Å². The molecule has 120 valence electrons. The summed E-state index contributed by atoms with van der Waals surface area (Å²) in [5, 5.41) is 4.56. The van der Waals surface area contributed by atoms with Crippen molar-refractivity contribution >= 4 is 34.3 Å². The number of nitrogens with zero attached hydrogens (tertiary/aromatic N) is 1. The largest absolute Gasteiger partial charge is 0.466 e. The van der Waals surface area contributed by atoms with Gasteiger partial charge in [-0.15, -0.1) is 11.3 Å². The van der Waals surface area contributed by atoms with E-state index in [4.69, 9.17) is 9.47 Å². The molecule has 0 spiro atoms. The molecule has 0 aromatic carbocycles. The molecule has 22 heavy (non-hydrogen) atoms. The Hall–Kier alpha value is -1.96. The monoisotopic (exact) mass is 326 g/mol. The minimum absolute atomic E-state index is 0.0643. The van der Waals surface area contributed by atoms with Gasteiger partial charge in [0.25, 0.3) is 5.91 Å². The molecule has 1 aromatic heterocycles. The van der Waals surface area contributed by atoms with Crippen molar-refractivity contribution in [3.63, 3.8) is 0 Å². The van der Waals surface area contributed by atoms with Crippen LogP contribution in [-0.4, -0.2) is 36.0 Å². The van der Waals surface area contributed by atoms with Gasteiger partial charge in [0.15, 0.2) is 11.7 Å². The van der Waals surface area contributed by atoms with Gasteiger partial charge in [0.1, 0.15) is 0 Å². The normalized spacial score (nSPS) is 19.4. The molecule has 0 aliphatic heterocycles. The SMILES string of the molecule is CCOC(=O)Cc1csc(NC(=O)COC(=O)[C@@H]2C[C@H]2C)n1. The van der Waals surface area contributed by atoms with Crippen LogP contribution in [0.3, 0.4) is 0 Å². The van der Waals surface area contributed by atoms with Crippen LogP contribution in [0.15, 0.2) is 5.38 Å². The number of rotatable bonds is 7. The van der Waals surface area contributed by atoms with Gasteiger partial charge in [-0.25, -0.2) is 4.98 Å². The first-order valence-electron chi connectivity index (χ1n) is 7.06. The second-order valence-corrected chi connectivity index (χ2v) is 5.96. The fourth-order valence-electron chi connectivity index (χ4n) is 1.86. The highest BCUT2D eigenvalue weighted by atomic mass is 32.1. The highest BCUT2D eigenvalue weighted by Gasteiger charge is 2.40. The summed E-state index contributed by atoms with van der Waals surface area (Å²) in [6.45, 7) is 3.69. The van der Waals surface area contributed by atoms with Crippen molar-refractivity contribution in [2.24, 2.45) is 11.8 Å². The molecule has 1 N–H and O–H groups in total. The number of ether oxygens (including phenoxy) is 2. The molecule has 0 radical (unpaired) electrons. The molecule has 8 heteroatoms. The Morgan fingerprint density at radius 3 is 2.77 bits per heavy atom. The standard InChI is InChI=1S/C14H18N2O5S/c1-3-20-12(18)5-9-7-22-14(15-9)16-11(17)6-21-13(19)10-4-8(10)2/h7-8,10H,3-6H2,1-2H3,(H,15,16,17)/t8-,10-/m1/s1. The van der Waals surface area contributed by atoms with Crippen LogP contribution in [0, 0.1) is 11.8 Å². The third kappa shape index (κ3) is 4.80. The summed E-state index contributed by atoms with van der Waals surface area (Å²) in [6, 6.07) is 0. The highest BCUT2D eigenvalue weighted by molar-refractivity contribution is 7.13. The third-order valence-corrected chi connectivity index (χ3v) is 3.99. The molecule has 1 amide bonds. The van der Waals surface area contributed by atoms with Gasteiger partial charge >= 0.3 is 11.9 Å². The Bertz CT molecular complexity index is 571. The zero-order chi connectivity index (χ0) is 16.1. The Morgan fingerprint density at radius 2 is 2.14 bits per heavy atom. The van der Waals surface area contributed by atoms with Crippen molar-refractivity contribution in [1.82, 2.24) is 4.98 Å². The topological polar surface area (TPSA) is 94.6 Å². The molecule has 0 unspecified atom stereocenters. The van der Waals surface area contributed by atoms with Crippen molar-refractivity contribution in [2.75, 3.05) is 18.5 Å². The van der Waals surface area contributed by atoms with Crippen LogP contribution in [0.25, 0.3) is 0 Å². The van der Waals surface area contributed by atoms with Gasteiger partial charge in [-0.3, -0.25) is 19.7 Å². The predicted molar refractivity (Wildman–Crippen MR) is 79.3 cm³/mol. The van der Waals surface area contributed by atoms with E-state index in [1.165, 1.54) is 11.3 Å². The van der Waals surface area contributed by atoms with Gasteiger partial charge in [-0.2, -0.15) is 0 Å². The minimum Gasteiger partial charge on any atom is -0.466 e. The summed E-state index contributed by atoms with van der Waals surface area (Å²) < 4.78 is 9.74. The first-order chi connectivity index (χ1) is 10.5. The molecule has 1 aliphatic carbocycles. The number of anilines is 1. The Balaban J connectivity index is 1.73. The zero-order valence-electron chi connectivity index (χ0n) is 12.5. The molecule has 2 rings (SSSR count). The second kappa shape index (κ2) is 7.35. The Morgan fingerprint density at radius 1 is 1.41 bits per heavy atom. The molecule has 1 aliphatic rings. The lowest BCUT2D eigenvalue weighted by molar-refractivity contribution is -0.148. The fraction of sp³-hybridized carbons (Fsp3) is 0.571. The van der Waals surface area contributed by atoms with Gasteiger partial charge in [-0.1, -0.05) is 6.92 Å². The number of carbonyl (C=O) groups excluding carboxylic acids is 3. The van der Waals surface area contributed by atoms with E-state index in [-0.39, 0.29) is 30.9 Å². The van der Waals surface area contributed by atoms with Gasteiger partial charge in [0, 0.05) is 5.38 Å². The second-order valence-electron chi connectivity index (χ2n) is 5.10. The number of amides is 1. The van der Waals surface area contributed by atoms with Crippen LogP contribution < -0.4 is 5.32 Å². The van der Waals surface area contributed by atoms with Crippen molar-refractivity contribution < 1.29 is 23.9 Å². The van der Waals surface area contributed by atoms with Crippen LogP contribution in [0.2, 0.25) is 0 Å². The quantitative estimate of drug-likeness (QED) is 0.761. The first kappa shape index (κ1) is 16.4. The molecule has 7 nitrogen and oxygen atoms in total. The third-order valence-electron chi connectivity index (χ3n) is 3.19. The van der Waals surface area contributed by atoms with E-state index in [0.717, 1.165) is 6.42 Å². The van der Waals surface area contributed by atoms with Gasteiger partial charge in [0.05, 0.1) is 24.6 Å². The van der Waals surface area contributed by atoms with E-state index >= 15 is 0 Å². The number of nitrogens with one attached hydrogen (secondary N) is 1. The van der Waals surface area contributed by atoms with E-state index in [9.17, 15) is 14.4 Å². The zero-order valence-corrected chi connectivity index (χ0v) is 13.3. The van der Waals surface area contributed by atoms with Crippen LogP contribution in [-0.2, 0) is 30.3 Å². The van der Waals surface area contributed by atoms with Gasteiger partial charge in [-0.05, 0) is 19.3 Å². The van der Waals surface area contributed by atoms with E-state index < -0.39 is 5.91 Å². The lowest BCUT2D eigenvalue weighted by Crippen LogP contribution is -2.21. The summed E-state index contributed by atoms with van der Waals surface area (Å²) >= 11 is 1.20. The van der Waals surface area contributed by atoms with E-state index in [2.05, 4.69) is 10.3 Å². The fourth-order valence-corrected chi connectivity index (χ4v) is 2.58. The summed E-state index contributed by atoms with van der Waals surface area (Å²) in [4.78, 5) is 38.6. The number of esters is 2. The number of hydrogen-bond acceptors (Lipinski definition) is 7. The number of aromatic nitrogens is 1. The lowest BCUT2D eigenvalue weighted by Gasteiger charge is -2.03. The van der Waals surface area contributed by atoms with Gasteiger partial charge < -0.3 is 9.47 Å². The minimum atomic E-state index is -0.446. The van der Waals surface area contributed by atoms with Crippen LogP contribution in [0.5, 0.6) is 0 Å². The molecule has 1 heterocycles. The molecule has 2 atom stereocenters. The molecule has 1 saturated carbocycles. The van der Waals surface area contributed by atoms with Crippen LogP contribution >= 0.6 is 11.3 Å². The maximum absolute atomic E-state index is 11.7. The maximum Gasteiger partial charge on any atom is 0.311 e. The number of thiazole rings is 1. The van der Waals surface area contributed by atoms with E-state index in [1.807, 2.05) is 6.92 Å². The first-order valence-corrected chi connectivity index (χ1v) is 7.94. The van der Waals surface area contributed by atoms with Gasteiger partial charge in [0.2, 0.25) is 0 Å². The molecular weight excluding hydrogens is 308 g/mol. The summed E-state index contributed by atoms with van der Waals surface area (Å²) in [7, 11) is 0. The summed E-state index contributed by atoms with van der Waals surface area (Å²) in [6.07, 6.45) is 0.888. The smallest absolute Gasteiger partial charge is 0.311 e. The molecule has 0 saturated heterocycles. The predicted octanol–water partition coefficient (Wildman–Crippen LogP) is 1.39. The van der Waals surface area contributed by atoms with Crippen LogP contribution in [0.4, 0.5) is 5.13 Å². The highest BCUT2D eigenvalue weighted by Crippen LogP contribution is 2.38. The molecular formula is C14H18N2O5S. The van der Waals surface area contributed by atoms with Crippen molar-refractivity contribution in [1.29, 1.82) is 0 Å². The average molecular weight is 326 g/mol. The summed E-state index contributed by atoms with van der Waals surface area (Å²) in [5.41, 5.74) is 0.530. The van der Waals surface area contributed by atoms with Crippen LogP contribution in [0.1, 0.15) is 26.0 Å². The maximum atomic E-state index is 11.7. The summed E-state index contributed by atoms with van der Waals surface area (Å²) in [5.74, 6) is -0.856. The van der Waals surface area contributed by atoms with E-state index in [0.29, 0.717) is 23.4 Å². The number of hydrogen-bond donors (Lipinski definition) is 1. The molecule has 1 fully saturated rings. The Labute approximate surface area is 132 Å².